The molecule has 0 aromatic heterocycles. The maximum Gasteiger partial charge on any atom is 0.246 e. The van der Waals surface area contributed by atoms with E-state index in [1.165, 1.54) is 7.11 Å². The Bertz CT molecular complexity index is 628. The zero-order valence-corrected chi connectivity index (χ0v) is 18.1. The molecule has 1 aliphatic heterocycles. The first kappa shape index (κ1) is 26.5. The van der Waals surface area contributed by atoms with E-state index in [0.29, 0.717) is 13.2 Å². The van der Waals surface area contributed by atoms with Gasteiger partial charge in [-0.15, -0.1) is 0 Å². The van der Waals surface area contributed by atoms with Crippen molar-refractivity contribution >= 4 is 29.5 Å². The van der Waals surface area contributed by atoms with Crippen LogP contribution in [0.15, 0.2) is 0 Å². The summed E-state index contributed by atoms with van der Waals surface area (Å²) in [6.45, 7) is 3.25. The topological polar surface area (TPSA) is 152 Å². The number of rotatable bonds is 16. The van der Waals surface area contributed by atoms with E-state index < -0.39 is 0 Å². The number of nitrogens with one attached hydrogen (secondary N) is 3. The molecule has 0 aromatic carbocycles. The van der Waals surface area contributed by atoms with Crippen molar-refractivity contribution in [2.45, 2.75) is 19.8 Å². The van der Waals surface area contributed by atoms with Crippen molar-refractivity contribution in [1.82, 2.24) is 20.9 Å². The van der Waals surface area contributed by atoms with Gasteiger partial charge in [-0.05, 0) is 0 Å². The Hall–Kier alpha value is -2.57. The van der Waals surface area contributed by atoms with Crippen molar-refractivity contribution in [3.05, 3.63) is 0 Å². The van der Waals surface area contributed by atoms with Gasteiger partial charge in [0.2, 0.25) is 29.5 Å². The van der Waals surface area contributed by atoms with E-state index in [1.54, 1.807) is 6.92 Å². The molecular weight excluding hydrogens is 412 g/mol. The second-order valence-electron chi connectivity index (χ2n) is 6.89. The van der Waals surface area contributed by atoms with Crippen molar-refractivity contribution in [2.24, 2.45) is 5.92 Å². The maximum absolute atomic E-state index is 11.8. The number of amides is 5. The van der Waals surface area contributed by atoms with E-state index in [4.69, 9.17) is 9.47 Å². The van der Waals surface area contributed by atoms with Crippen LogP contribution in [0, 0.1) is 5.92 Å². The van der Waals surface area contributed by atoms with Gasteiger partial charge in [-0.1, -0.05) is 6.92 Å². The number of carbonyl (C=O) groups excluding carboxylic acids is 5. The average molecular weight is 444 g/mol. The fourth-order valence-corrected chi connectivity index (χ4v) is 2.67. The summed E-state index contributed by atoms with van der Waals surface area (Å²) in [6.07, 6.45) is 0.213. The largest absolute Gasteiger partial charge is 0.377 e. The second kappa shape index (κ2) is 15.3. The fraction of sp³-hybridized carbons (Fsp3) is 0.737. The van der Waals surface area contributed by atoms with E-state index in [1.807, 2.05) is 0 Å². The first-order valence-corrected chi connectivity index (χ1v) is 10.1. The molecule has 12 heteroatoms. The lowest BCUT2D eigenvalue weighted by Crippen LogP contribution is -2.38. The zero-order chi connectivity index (χ0) is 23.1. The average Bonchev–Trinajstić information content (AvgIpc) is 2.97. The molecule has 31 heavy (non-hydrogen) atoms. The Kier molecular flexibility index (Phi) is 13.0. The molecule has 3 N–H and O–H groups in total. The van der Waals surface area contributed by atoms with Gasteiger partial charge in [0.15, 0.2) is 0 Å². The van der Waals surface area contributed by atoms with E-state index >= 15 is 0 Å². The molecule has 1 atom stereocenters. The van der Waals surface area contributed by atoms with Gasteiger partial charge in [-0.3, -0.25) is 28.9 Å². The summed E-state index contributed by atoms with van der Waals surface area (Å²) < 4.78 is 15.1. The molecule has 176 valence electrons. The monoisotopic (exact) mass is 444 g/mol. The highest BCUT2D eigenvalue weighted by atomic mass is 16.5. The Morgan fingerprint density at radius 1 is 0.903 bits per heavy atom. The van der Waals surface area contributed by atoms with Gasteiger partial charge in [0.1, 0.15) is 13.2 Å². The Morgan fingerprint density at radius 2 is 1.52 bits per heavy atom. The van der Waals surface area contributed by atoms with Gasteiger partial charge < -0.3 is 30.2 Å². The van der Waals surface area contributed by atoms with Crippen molar-refractivity contribution in [1.29, 1.82) is 0 Å². The first-order chi connectivity index (χ1) is 14.8. The van der Waals surface area contributed by atoms with Crippen molar-refractivity contribution in [3.8, 4) is 0 Å². The molecule has 1 fully saturated rings. The molecule has 0 spiro atoms. The third-order valence-electron chi connectivity index (χ3n) is 4.25. The summed E-state index contributed by atoms with van der Waals surface area (Å²) in [7, 11) is 1.44. The van der Waals surface area contributed by atoms with Crippen molar-refractivity contribution < 1.29 is 38.2 Å². The number of likely N-dealkylation sites (tertiary alicyclic amines) is 1. The highest BCUT2D eigenvalue weighted by molar-refractivity contribution is 6.03. The summed E-state index contributed by atoms with van der Waals surface area (Å²) in [5, 5.41) is 7.81. The minimum Gasteiger partial charge on any atom is -0.377 e. The van der Waals surface area contributed by atoms with Crippen LogP contribution in [-0.2, 0) is 38.2 Å². The third-order valence-corrected chi connectivity index (χ3v) is 4.25. The predicted molar refractivity (Wildman–Crippen MR) is 108 cm³/mol. The van der Waals surface area contributed by atoms with Crippen LogP contribution in [0.4, 0.5) is 0 Å². The predicted octanol–water partition coefficient (Wildman–Crippen LogP) is -2.20. The van der Waals surface area contributed by atoms with E-state index in [9.17, 15) is 24.0 Å². The summed E-state index contributed by atoms with van der Waals surface area (Å²) in [6, 6.07) is 0. The van der Waals surface area contributed by atoms with Crippen LogP contribution in [0.25, 0.3) is 0 Å². The van der Waals surface area contributed by atoms with E-state index in [0.717, 1.165) is 4.90 Å². The number of hydrogen-bond acceptors (Lipinski definition) is 8. The number of nitrogens with zero attached hydrogens (tertiary/aromatic N) is 1. The summed E-state index contributed by atoms with van der Waals surface area (Å²) in [4.78, 5) is 59.1. The lowest BCUT2D eigenvalue weighted by molar-refractivity contribution is -0.139. The Balaban J connectivity index is 1.94. The summed E-state index contributed by atoms with van der Waals surface area (Å²) in [5.74, 6) is -1.68. The minimum absolute atomic E-state index is 0.00185. The quantitative estimate of drug-likeness (QED) is 0.179. The molecule has 0 aliphatic carbocycles. The van der Waals surface area contributed by atoms with Gasteiger partial charge in [-0.25, -0.2) is 0 Å². The summed E-state index contributed by atoms with van der Waals surface area (Å²) in [5.41, 5.74) is 0. The second-order valence-corrected chi connectivity index (χ2v) is 6.89. The summed E-state index contributed by atoms with van der Waals surface area (Å²) >= 11 is 0. The minimum atomic E-state index is -0.330. The molecule has 1 heterocycles. The molecule has 1 saturated heterocycles. The van der Waals surface area contributed by atoms with Crippen LogP contribution in [-0.4, -0.2) is 101 Å². The molecule has 1 rings (SSSR count). The molecule has 0 saturated carbocycles. The van der Waals surface area contributed by atoms with Crippen molar-refractivity contribution in [2.75, 3.05) is 66.3 Å². The van der Waals surface area contributed by atoms with Gasteiger partial charge in [-0.2, -0.15) is 0 Å². The van der Waals surface area contributed by atoms with Crippen LogP contribution < -0.4 is 16.0 Å². The number of hydrogen-bond donors (Lipinski definition) is 3. The van der Waals surface area contributed by atoms with Crippen molar-refractivity contribution in [3.63, 3.8) is 0 Å². The van der Waals surface area contributed by atoms with Gasteiger partial charge in [0.05, 0.1) is 19.8 Å². The highest BCUT2D eigenvalue weighted by Gasteiger charge is 2.35. The molecule has 12 nitrogen and oxygen atoms in total. The van der Waals surface area contributed by atoms with E-state index in [-0.39, 0.29) is 94.4 Å². The number of methoxy groups -OCH3 is 1. The van der Waals surface area contributed by atoms with Crippen LogP contribution in [0.1, 0.15) is 19.8 Å². The third kappa shape index (κ3) is 11.4. The Morgan fingerprint density at radius 3 is 2.16 bits per heavy atom. The molecule has 0 aromatic rings. The smallest absolute Gasteiger partial charge is 0.246 e. The normalized spacial score (nSPS) is 15.8. The Labute approximate surface area is 181 Å². The fourth-order valence-electron chi connectivity index (χ4n) is 2.67. The highest BCUT2D eigenvalue weighted by Crippen LogP contribution is 2.18. The van der Waals surface area contributed by atoms with Gasteiger partial charge >= 0.3 is 0 Å². The SMILES string of the molecule is COCC(=O)NCCOCCOCC(=O)NCCNC(=O)CCN1C(=O)CC(C)C1=O. The lowest BCUT2D eigenvalue weighted by atomic mass is 10.1. The molecule has 1 aliphatic rings. The molecule has 1 unspecified atom stereocenters. The standard InChI is InChI=1S/C19H32N4O8/c1-14-11-18(27)23(19(14)28)7-3-15(24)20-4-5-21-17(26)13-31-10-9-30-8-6-22-16(25)12-29-2/h14H,3-13H2,1-2H3,(H,20,24)(H,21,26)(H,22,25). The van der Waals surface area contributed by atoms with E-state index in [2.05, 4.69) is 20.7 Å². The molecule has 5 amide bonds. The van der Waals surface area contributed by atoms with Crippen LogP contribution in [0.2, 0.25) is 0 Å². The zero-order valence-electron chi connectivity index (χ0n) is 18.1. The molecular formula is C19H32N4O8. The first-order valence-electron chi connectivity index (χ1n) is 10.1. The van der Waals surface area contributed by atoms with Crippen LogP contribution in [0.5, 0.6) is 0 Å². The number of ether oxygens (including phenoxy) is 3. The maximum atomic E-state index is 11.8. The van der Waals surface area contributed by atoms with Crippen LogP contribution in [0.3, 0.4) is 0 Å². The van der Waals surface area contributed by atoms with Crippen LogP contribution >= 0.6 is 0 Å². The van der Waals surface area contributed by atoms with Gasteiger partial charge in [0.25, 0.3) is 0 Å². The lowest BCUT2D eigenvalue weighted by Gasteiger charge is -2.14. The molecule has 0 bridgehead atoms. The number of carbonyl (C=O) groups is 5. The van der Waals surface area contributed by atoms with Gasteiger partial charge in [0, 0.05) is 52.0 Å². The molecule has 0 radical (unpaired) electrons. The number of imide groups is 1.